The van der Waals surface area contributed by atoms with Crippen LogP contribution in [0, 0.1) is 6.92 Å². The summed E-state index contributed by atoms with van der Waals surface area (Å²) in [6.07, 6.45) is 0. The fourth-order valence-electron chi connectivity index (χ4n) is 1.83. The van der Waals surface area contributed by atoms with Crippen molar-refractivity contribution in [3.63, 3.8) is 0 Å². The number of aromatic nitrogens is 1. The van der Waals surface area contributed by atoms with Gasteiger partial charge in [-0.3, -0.25) is 0 Å². The van der Waals surface area contributed by atoms with Gasteiger partial charge in [0.2, 0.25) is 0 Å². The van der Waals surface area contributed by atoms with Crippen LogP contribution in [0.2, 0.25) is 0 Å². The van der Waals surface area contributed by atoms with Crippen molar-refractivity contribution in [2.45, 2.75) is 6.92 Å². The van der Waals surface area contributed by atoms with Crippen molar-refractivity contribution in [1.29, 1.82) is 0 Å². The maximum atomic E-state index is 5.79. The molecule has 0 saturated carbocycles. The van der Waals surface area contributed by atoms with Gasteiger partial charge in [-0.2, -0.15) is 0 Å². The second-order valence-electron chi connectivity index (χ2n) is 4.12. The van der Waals surface area contributed by atoms with Crippen LogP contribution in [0.4, 0.5) is 5.69 Å². The lowest BCUT2D eigenvalue weighted by Gasteiger charge is -1.96. The Morgan fingerprint density at radius 1 is 1.12 bits per heavy atom. The molecule has 2 aromatic carbocycles. The van der Waals surface area contributed by atoms with E-state index in [0.29, 0.717) is 0 Å². The Hall–Kier alpha value is -1.87. The van der Waals surface area contributed by atoms with E-state index in [4.69, 9.17) is 5.73 Å². The molecule has 1 aromatic heterocycles. The quantitative estimate of drug-likeness (QED) is 0.656. The van der Waals surface area contributed by atoms with E-state index in [0.717, 1.165) is 21.8 Å². The molecule has 0 unspecified atom stereocenters. The molecule has 0 amide bonds. The van der Waals surface area contributed by atoms with E-state index in [1.807, 2.05) is 24.3 Å². The molecule has 0 radical (unpaired) electrons. The van der Waals surface area contributed by atoms with Gasteiger partial charge in [-0.05, 0) is 36.8 Å². The van der Waals surface area contributed by atoms with Crippen molar-refractivity contribution in [2.24, 2.45) is 0 Å². The van der Waals surface area contributed by atoms with Crippen molar-refractivity contribution < 1.29 is 0 Å². The molecule has 0 saturated heterocycles. The van der Waals surface area contributed by atoms with Gasteiger partial charge in [0.05, 0.1) is 10.2 Å². The lowest BCUT2D eigenvalue weighted by Crippen LogP contribution is -1.84. The van der Waals surface area contributed by atoms with Crippen LogP contribution in [0.25, 0.3) is 20.8 Å². The molecular formula is C14H12N2S. The first kappa shape index (κ1) is 10.3. The largest absolute Gasteiger partial charge is 0.399 e. The number of rotatable bonds is 1. The second-order valence-corrected chi connectivity index (χ2v) is 5.15. The summed E-state index contributed by atoms with van der Waals surface area (Å²) in [7, 11) is 0. The minimum absolute atomic E-state index is 0.776. The molecule has 0 atom stereocenters. The number of aryl methyl sites for hydroxylation is 1. The molecule has 0 spiro atoms. The summed E-state index contributed by atoms with van der Waals surface area (Å²) in [4.78, 5) is 4.65. The number of nitrogens with zero attached hydrogens (tertiary/aromatic N) is 1. The number of thiazole rings is 1. The molecular weight excluding hydrogens is 228 g/mol. The fraction of sp³-hybridized carbons (Fsp3) is 0.0714. The first-order chi connectivity index (χ1) is 8.22. The van der Waals surface area contributed by atoms with Gasteiger partial charge in [0, 0.05) is 11.3 Å². The van der Waals surface area contributed by atoms with Gasteiger partial charge in [0.25, 0.3) is 0 Å². The van der Waals surface area contributed by atoms with E-state index < -0.39 is 0 Å². The number of nitrogen functional groups attached to an aromatic ring is 1. The van der Waals surface area contributed by atoms with E-state index in [9.17, 15) is 0 Å². The van der Waals surface area contributed by atoms with Gasteiger partial charge in [-0.25, -0.2) is 4.98 Å². The predicted octanol–water partition coefficient (Wildman–Crippen LogP) is 3.85. The number of hydrogen-bond acceptors (Lipinski definition) is 3. The molecule has 3 aromatic rings. The van der Waals surface area contributed by atoms with Crippen LogP contribution in [0.3, 0.4) is 0 Å². The lowest BCUT2D eigenvalue weighted by molar-refractivity contribution is 1.44. The van der Waals surface area contributed by atoms with Gasteiger partial charge in [0.1, 0.15) is 5.01 Å². The van der Waals surface area contributed by atoms with Crippen LogP contribution >= 0.6 is 11.3 Å². The molecule has 0 aliphatic heterocycles. The monoisotopic (exact) mass is 240 g/mol. The van der Waals surface area contributed by atoms with E-state index in [-0.39, 0.29) is 0 Å². The highest BCUT2D eigenvalue weighted by Gasteiger charge is 2.06. The van der Waals surface area contributed by atoms with Gasteiger partial charge in [0.15, 0.2) is 0 Å². The van der Waals surface area contributed by atoms with Crippen LogP contribution in [0.15, 0.2) is 42.5 Å². The summed E-state index contributed by atoms with van der Waals surface area (Å²) in [6, 6.07) is 14.2. The highest BCUT2D eigenvalue weighted by molar-refractivity contribution is 7.21. The third kappa shape index (κ3) is 1.89. The molecule has 0 bridgehead atoms. The van der Waals surface area contributed by atoms with Crippen molar-refractivity contribution >= 4 is 27.2 Å². The summed E-state index contributed by atoms with van der Waals surface area (Å²) in [5.41, 5.74) is 9.95. The van der Waals surface area contributed by atoms with Crippen molar-refractivity contribution in [3.05, 3.63) is 48.0 Å². The molecule has 0 aliphatic rings. The summed E-state index contributed by atoms with van der Waals surface area (Å²) >= 11 is 1.70. The molecule has 84 valence electrons. The summed E-state index contributed by atoms with van der Waals surface area (Å²) in [5, 5.41) is 1.03. The van der Waals surface area contributed by atoms with Gasteiger partial charge in [-0.1, -0.05) is 18.2 Å². The van der Waals surface area contributed by atoms with Crippen LogP contribution in [-0.2, 0) is 0 Å². The smallest absolute Gasteiger partial charge is 0.124 e. The topological polar surface area (TPSA) is 38.9 Å². The molecule has 3 heteroatoms. The summed E-state index contributed by atoms with van der Waals surface area (Å²) in [6.45, 7) is 2.08. The molecule has 0 aliphatic carbocycles. The molecule has 2 N–H and O–H groups in total. The van der Waals surface area contributed by atoms with Gasteiger partial charge in [-0.15, -0.1) is 11.3 Å². The third-order valence-electron chi connectivity index (χ3n) is 2.68. The first-order valence-electron chi connectivity index (χ1n) is 5.45. The number of hydrogen-bond donors (Lipinski definition) is 1. The van der Waals surface area contributed by atoms with Crippen LogP contribution < -0.4 is 5.73 Å². The van der Waals surface area contributed by atoms with Crippen molar-refractivity contribution in [3.8, 4) is 10.6 Å². The zero-order chi connectivity index (χ0) is 11.8. The second kappa shape index (κ2) is 3.86. The van der Waals surface area contributed by atoms with Crippen LogP contribution in [0.5, 0.6) is 0 Å². The van der Waals surface area contributed by atoms with Crippen molar-refractivity contribution in [1.82, 2.24) is 4.98 Å². The highest BCUT2D eigenvalue weighted by Crippen LogP contribution is 2.31. The highest BCUT2D eigenvalue weighted by atomic mass is 32.1. The minimum Gasteiger partial charge on any atom is -0.399 e. The van der Waals surface area contributed by atoms with Crippen LogP contribution in [-0.4, -0.2) is 4.98 Å². The SMILES string of the molecule is Cc1ccc2sc(-c3cccc(N)c3)nc2c1. The molecule has 2 nitrogen and oxygen atoms in total. The minimum atomic E-state index is 0.776. The van der Waals surface area contributed by atoms with Crippen LogP contribution in [0.1, 0.15) is 5.56 Å². The summed E-state index contributed by atoms with van der Waals surface area (Å²) in [5.74, 6) is 0. The summed E-state index contributed by atoms with van der Waals surface area (Å²) < 4.78 is 1.22. The molecule has 1 heterocycles. The Labute approximate surface area is 104 Å². The Kier molecular flexibility index (Phi) is 2.34. The average molecular weight is 240 g/mol. The van der Waals surface area contributed by atoms with E-state index in [1.165, 1.54) is 10.3 Å². The number of fused-ring (bicyclic) bond motifs is 1. The fourth-order valence-corrected chi connectivity index (χ4v) is 2.77. The van der Waals surface area contributed by atoms with Gasteiger partial charge < -0.3 is 5.73 Å². The van der Waals surface area contributed by atoms with E-state index in [1.54, 1.807) is 11.3 Å². The van der Waals surface area contributed by atoms with E-state index in [2.05, 4.69) is 30.1 Å². The number of anilines is 1. The number of benzene rings is 2. The third-order valence-corrected chi connectivity index (χ3v) is 3.76. The lowest BCUT2D eigenvalue weighted by atomic mass is 10.2. The molecule has 0 fully saturated rings. The zero-order valence-corrected chi connectivity index (χ0v) is 10.3. The Morgan fingerprint density at radius 3 is 2.82 bits per heavy atom. The molecule has 3 rings (SSSR count). The Balaban J connectivity index is 2.18. The zero-order valence-electron chi connectivity index (χ0n) is 9.47. The Morgan fingerprint density at radius 2 is 2.00 bits per heavy atom. The average Bonchev–Trinajstić information content (AvgIpc) is 2.72. The maximum Gasteiger partial charge on any atom is 0.124 e. The number of nitrogens with two attached hydrogens (primary N) is 1. The normalized spacial score (nSPS) is 10.9. The maximum absolute atomic E-state index is 5.79. The predicted molar refractivity (Wildman–Crippen MR) is 74.2 cm³/mol. The first-order valence-corrected chi connectivity index (χ1v) is 6.27. The van der Waals surface area contributed by atoms with E-state index >= 15 is 0 Å². The Bertz CT molecular complexity index is 686. The van der Waals surface area contributed by atoms with Crippen molar-refractivity contribution in [2.75, 3.05) is 5.73 Å². The van der Waals surface area contributed by atoms with Gasteiger partial charge >= 0.3 is 0 Å². The standard InChI is InChI=1S/C14H12N2S/c1-9-5-6-13-12(7-9)16-14(17-13)10-3-2-4-11(15)8-10/h2-8H,15H2,1H3. The molecule has 17 heavy (non-hydrogen) atoms.